The summed E-state index contributed by atoms with van der Waals surface area (Å²) in [6, 6.07) is 8.21. The number of fused-ring (bicyclic) bond motifs is 3. The monoisotopic (exact) mass is 217 g/mol. The summed E-state index contributed by atoms with van der Waals surface area (Å²) in [4.78, 5) is 13.0. The highest BCUT2D eigenvalue weighted by molar-refractivity contribution is 7.99. The van der Waals surface area contributed by atoms with Gasteiger partial charge in [-0.25, -0.2) is 0 Å². The molecule has 1 aromatic carbocycles. The predicted molar refractivity (Wildman–Crippen MR) is 62.6 cm³/mol. The molecule has 1 aliphatic heterocycles. The molecule has 1 aromatic heterocycles. The Labute approximate surface area is 92.3 Å². The van der Waals surface area contributed by atoms with E-state index in [2.05, 4.69) is 12.1 Å². The standard InChI is InChI=1S/C12H11NOS/c1-13-9-5-3-2-4-8(9)12-11(13)10(14)6-7-15-12/h2-5H,6-7H2,1H3. The number of benzene rings is 1. The number of para-hydroxylation sites is 1. The van der Waals surface area contributed by atoms with Crippen molar-refractivity contribution in [2.45, 2.75) is 11.3 Å². The molecule has 0 fully saturated rings. The van der Waals surface area contributed by atoms with Crippen molar-refractivity contribution in [1.29, 1.82) is 0 Å². The largest absolute Gasteiger partial charge is 0.340 e. The molecule has 0 unspecified atom stereocenters. The summed E-state index contributed by atoms with van der Waals surface area (Å²) in [6.45, 7) is 0. The highest BCUT2D eigenvalue weighted by atomic mass is 32.2. The average molecular weight is 217 g/mol. The summed E-state index contributed by atoms with van der Waals surface area (Å²) in [7, 11) is 1.98. The van der Waals surface area contributed by atoms with Crippen LogP contribution in [0.4, 0.5) is 0 Å². The zero-order valence-electron chi connectivity index (χ0n) is 8.49. The van der Waals surface area contributed by atoms with Gasteiger partial charge in [0.2, 0.25) is 0 Å². The fraction of sp³-hybridized carbons (Fsp3) is 0.250. The van der Waals surface area contributed by atoms with Gasteiger partial charge in [0.1, 0.15) is 0 Å². The van der Waals surface area contributed by atoms with E-state index in [-0.39, 0.29) is 5.78 Å². The van der Waals surface area contributed by atoms with Gasteiger partial charge in [-0.3, -0.25) is 4.79 Å². The second-order valence-electron chi connectivity index (χ2n) is 3.78. The van der Waals surface area contributed by atoms with E-state index in [0.717, 1.165) is 17.0 Å². The summed E-state index contributed by atoms with van der Waals surface area (Å²) in [5, 5.41) is 1.22. The van der Waals surface area contributed by atoms with Gasteiger partial charge in [0.25, 0.3) is 0 Å². The number of aromatic nitrogens is 1. The lowest BCUT2D eigenvalue weighted by molar-refractivity contribution is 0.0977. The van der Waals surface area contributed by atoms with Crippen molar-refractivity contribution in [1.82, 2.24) is 4.57 Å². The number of Topliss-reactive ketones (excluding diaryl/α,β-unsaturated/α-hetero) is 1. The summed E-state index contributed by atoms with van der Waals surface area (Å²) in [5.74, 6) is 1.20. The third-order valence-corrected chi connectivity index (χ3v) is 4.01. The van der Waals surface area contributed by atoms with Gasteiger partial charge in [-0.1, -0.05) is 18.2 Å². The van der Waals surface area contributed by atoms with E-state index in [1.165, 1.54) is 10.3 Å². The number of ketones is 1. The first-order chi connectivity index (χ1) is 7.29. The highest BCUT2D eigenvalue weighted by Gasteiger charge is 2.24. The van der Waals surface area contributed by atoms with E-state index in [1.54, 1.807) is 11.8 Å². The molecule has 0 saturated heterocycles. The Morgan fingerprint density at radius 1 is 1.33 bits per heavy atom. The molecule has 0 atom stereocenters. The van der Waals surface area contributed by atoms with E-state index in [0.29, 0.717) is 6.42 Å². The number of hydrogen-bond donors (Lipinski definition) is 0. The van der Waals surface area contributed by atoms with Gasteiger partial charge in [-0.05, 0) is 6.07 Å². The molecule has 2 heterocycles. The Morgan fingerprint density at radius 3 is 3.00 bits per heavy atom. The molecule has 2 aromatic rings. The van der Waals surface area contributed by atoms with Gasteiger partial charge in [0.15, 0.2) is 5.78 Å². The lowest BCUT2D eigenvalue weighted by Crippen LogP contribution is -2.11. The van der Waals surface area contributed by atoms with Crippen LogP contribution < -0.4 is 0 Å². The molecular weight excluding hydrogens is 206 g/mol. The van der Waals surface area contributed by atoms with Gasteiger partial charge in [0.05, 0.1) is 5.69 Å². The molecule has 0 spiro atoms. The molecule has 0 amide bonds. The Bertz CT molecular complexity index is 556. The van der Waals surface area contributed by atoms with E-state index in [4.69, 9.17) is 0 Å². The van der Waals surface area contributed by atoms with Gasteiger partial charge in [-0.2, -0.15) is 0 Å². The van der Waals surface area contributed by atoms with Crippen molar-refractivity contribution >= 4 is 28.4 Å². The van der Waals surface area contributed by atoms with Crippen LogP contribution in [0.5, 0.6) is 0 Å². The maximum atomic E-state index is 11.8. The number of carbonyl (C=O) groups is 1. The Kier molecular flexibility index (Phi) is 1.89. The molecule has 76 valence electrons. The quantitative estimate of drug-likeness (QED) is 0.677. The van der Waals surface area contributed by atoms with Gasteiger partial charge in [-0.15, -0.1) is 11.8 Å². The minimum absolute atomic E-state index is 0.280. The molecule has 2 nitrogen and oxygen atoms in total. The third kappa shape index (κ3) is 1.16. The maximum absolute atomic E-state index is 11.8. The molecule has 0 bridgehead atoms. The minimum atomic E-state index is 0.280. The lowest BCUT2D eigenvalue weighted by Gasteiger charge is -2.11. The van der Waals surface area contributed by atoms with Crippen molar-refractivity contribution in [3.63, 3.8) is 0 Å². The fourth-order valence-corrected chi connectivity index (χ4v) is 3.39. The first kappa shape index (κ1) is 9.04. The summed E-state index contributed by atoms with van der Waals surface area (Å²) >= 11 is 1.80. The number of carbonyl (C=O) groups excluding carboxylic acids is 1. The van der Waals surface area contributed by atoms with Crippen molar-refractivity contribution < 1.29 is 4.79 Å². The topological polar surface area (TPSA) is 22.0 Å². The molecule has 0 N–H and O–H groups in total. The van der Waals surface area contributed by atoms with Crippen LogP contribution in [0.3, 0.4) is 0 Å². The van der Waals surface area contributed by atoms with Crippen LogP contribution in [-0.2, 0) is 7.05 Å². The van der Waals surface area contributed by atoms with Crippen LogP contribution in [-0.4, -0.2) is 16.1 Å². The first-order valence-corrected chi connectivity index (χ1v) is 6.01. The SMILES string of the molecule is Cn1c2c(c3ccccc31)SCCC2=O. The number of hydrogen-bond acceptors (Lipinski definition) is 2. The van der Waals surface area contributed by atoms with E-state index < -0.39 is 0 Å². The molecule has 1 aliphatic rings. The smallest absolute Gasteiger partial charge is 0.181 e. The van der Waals surface area contributed by atoms with E-state index in [9.17, 15) is 4.79 Å². The van der Waals surface area contributed by atoms with Crippen molar-refractivity contribution in [2.24, 2.45) is 7.05 Å². The fourth-order valence-electron chi connectivity index (χ4n) is 2.18. The predicted octanol–water partition coefficient (Wildman–Crippen LogP) is 2.86. The van der Waals surface area contributed by atoms with Crippen LogP contribution in [0, 0.1) is 0 Å². The van der Waals surface area contributed by atoms with Crippen LogP contribution in [0.25, 0.3) is 10.9 Å². The first-order valence-electron chi connectivity index (χ1n) is 5.02. The van der Waals surface area contributed by atoms with Crippen LogP contribution in [0.2, 0.25) is 0 Å². The second kappa shape index (κ2) is 3.14. The molecule has 3 heteroatoms. The average Bonchev–Trinajstić information content (AvgIpc) is 2.55. The van der Waals surface area contributed by atoms with Gasteiger partial charge in [0, 0.05) is 35.0 Å². The summed E-state index contributed by atoms with van der Waals surface area (Å²) in [5.41, 5.74) is 2.05. The van der Waals surface area contributed by atoms with Crippen LogP contribution in [0.1, 0.15) is 16.9 Å². The number of nitrogens with zero attached hydrogens (tertiary/aromatic N) is 1. The van der Waals surface area contributed by atoms with Crippen molar-refractivity contribution in [3.05, 3.63) is 30.0 Å². The van der Waals surface area contributed by atoms with E-state index >= 15 is 0 Å². The Hall–Kier alpha value is -1.22. The zero-order chi connectivity index (χ0) is 10.4. The summed E-state index contributed by atoms with van der Waals surface area (Å²) < 4.78 is 2.03. The molecule has 3 rings (SSSR count). The van der Waals surface area contributed by atoms with Gasteiger partial charge >= 0.3 is 0 Å². The zero-order valence-corrected chi connectivity index (χ0v) is 9.30. The Balaban J connectivity index is 2.45. The summed E-state index contributed by atoms with van der Waals surface area (Å²) in [6.07, 6.45) is 0.668. The maximum Gasteiger partial charge on any atom is 0.181 e. The second-order valence-corrected chi connectivity index (χ2v) is 4.88. The lowest BCUT2D eigenvalue weighted by atomic mass is 10.2. The number of thioether (sulfide) groups is 1. The molecule has 0 radical (unpaired) electrons. The van der Waals surface area contributed by atoms with Gasteiger partial charge < -0.3 is 4.57 Å². The van der Waals surface area contributed by atoms with Crippen molar-refractivity contribution in [2.75, 3.05) is 5.75 Å². The van der Waals surface area contributed by atoms with E-state index in [1.807, 2.05) is 23.7 Å². The normalized spacial score (nSPS) is 15.7. The van der Waals surface area contributed by atoms with Crippen LogP contribution >= 0.6 is 11.8 Å². The van der Waals surface area contributed by atoms with Crippen molar-refractivity contribution in [3.8, 4) is 0 Å². The Morgan fingerprint density at radius 2 is 2.13 bits per heavy atom. The van der Waals surface area contributed by atoms with Crippen LogP contribution in [0.15, 0.2) is 29.2 Å². The molecule has 0 aliphatic carbocycles. The highest BCUT2D eigenvalue weighted by Crippen LogP contribution is 2.37. The molecule has 0 saturated carbocycles. The minimum Gasteiger partial charge on any atom is -0.340 e. The third-order valence-electron chi connectivity index (χ3n) is 2.90. The molecule has 15 heavy (non-hydrogen) atoms. The number of aryl methyl sites for hydroxylation is 1. The molecular formula is C12H11NOS. The number of rotatable bonds is 0.